The molecule has 0 spiro atoms. The molecule has 0 amide bonds. The Kier molecular flexibility index (Phi) is 12.5. The average molecular weight is 257 g/mol. The number of hydrogen-bond donors (Lipinski definition) is 0. The standard InChI is InChI=1S/C2H6ClSi.3CH3.Sn/c1-4(2)3;;;;/h1-2H3;3*1H3;. The minimum absolute atomic E-state index is 0.407. The molecule has 0 atom stereocenters. The Morgan fingerprint density at radius 1 is 1.12 bits per heavy atom. The van der Waals surface area contributed by atoms with Crippen molar-refractivity contribution in [3.05, 3.63) is 0 Å². The van der Waals surface area contributed by atoms with Gasteiger partial charge in [0.25, 0.3) is 0 Å². The Labute approximate surface area is 66.7 Å². The zero-order chi connectivity index (χ0) is 7.15. The Morgan fingerprint density at radius 3 is 1.12 bits per heavy atom. The first-order chi connectivity index (χ1) is 3.46. The number of hydrogen-bond acceptors (Lipinski definition) is 0. The van der Waals surface area contributed by atoms with Crippen LogP contribution in [0.25, 0.3) is 0 Å². The molecule has 0 unspecified atom stereocenters. The van der Waals surface area contributed by atoms with Crippen LogP contribution in [0.1, 0.15) is 0 Å². The Bertz CT molecular complexity index is 27.9. The summed E-state index contributed by atoms with van der Waals surface area (Å²) in [6, 6.07) is 0. The second-order valence-electron chi connectivity index (χ2n) is 2.38. The monoisotopic (exact) mass is 258 g/mol. The van der Waals surface area contributed by atoms with E-state index in [1.54, 1.807) is 0 Å². The maximum absolute atomic E-state index is 5.38. The first kappa shape index (κ1) is 12.0. The summed E-state index contributed by atoms with van der Waals surface area (Å²) in [6.45, 7) is 4.07. The summed E-state index contributed by atoms with van der Waals surface area (Å²) in [7, 11) is -0.407. The SMILES string of the molecule is C[Si](C)Cl.[CH3][Sn]([CH3])[CH3]. The van der Waals surface area contributed by atoms with E-state index in [4.69, 9.17) is 11.1 Å². The van der Waals surface area contributed by atoms with Gasteiger partial charge in [-0.15, -0.1) is 0 Å². The normalized spacial score (nSPS) is 9.00. The third-order valence-corrected chi connectivity index (χ3v) is 0. The van der Waals surface area contributed by atoms with Crippen LogP contribution >= 0.6 is 11.1 Å². The van der Waals surface area contributed by atoms with Crippen LogP contribution in [0.2, 0.25) is 27.9 Å². The molecular formula is C5H15ClSiSn. The van der Waals surface area contributed by atoms with Gasteiger partial charge in [-0.25, -0.2) is 0 Å². The number of rotatable bonds is 0. The summed E-state index contributed by atoms with van der Waals surface area (Å²) in [5, 5.41) is 0. The van der Waals surface area contributed by atoms with Crippen molar-refractivity contribution in [2.75, 3.05) is 0 Å². The van der Waals surface area contributed by atoms with E-state index in [9.17, 15) is 0 Å². The molecule has 0 saturated carbocycles. The van der Waals surface area contributed by atoms with Crippen LogP contribution in [0.15, 0.2) is 0 Å². The van der Waals surface area contributed by atoms with E-state index < -0.39 is 27.9 Å². The molecule has 8 heavy (non-hydrogen) atoms. The molecule has 0 rings (SSSR count). The van der Waals surface area contributed by atoms with Gasteiger partial charge in [0.05, 0.1) is 0 Å². The Morgan fingerprint density at radius 2 is 1.12 bits per heavy atom. The van der Waals surface area contributed by atoms with Gasteiger partial charge < -0.3 is 0 Å². The predicted molar refractivity (Wildman–Crippen MR) is 46.7 cm³/mol. The van der Waals surface area contributed by atoms with E-state index in [0.29, 0.717) is 0 Å². The second-order valence-corrected chi connectivity index (χ2v) is 15.0. The first-order valence-electron chi connectivity index (χ1n) is 2.69. The quantitative estimate of drug-likeness (QED) is 0.462. The molecule has 0 heterocycles. The molecule has 3 heteroatoms. The van der Waals surface area contributed by atoms with Gasteiger partial charge in [-0.05, 0) is 0 Å². The molecule has 0 aromatic heterocycles. The summed E-state index contributed by atoms with van der Waals surface area (Å²) in [6.07, 6.45) is 0. The Hall–Kier alpha value is 1.31. The third-order valence-electron chi connectivity index (χ3n) is 0. The molecular weight excluding hydrogens is 242 g/mol. The Balaban J connectivity index is 0. The summed E-state index contributed by atoms with van der Waals surface area (Å²) >= 11 is 4.83. The molecule has 0 aliphatic rings. The maximum atomic E-state index is 5.38. The predicted octanol–water partition coefficient (Wildman–Crippen LogP) is 2.85. The van der Waals surface area contributed by atoms with E-state index in [-0.39, 0.29) is 0 Å². The van der Waals surface area contributed by atoms with Gasteiger partial charge in [0.2, 0.25) is 0 Å². The van der Waals surface area contributed by atoms with Crippen LogP contribution in [0.4, 0.5) is 0 Å². The summed E-state index contributed by atoms with van der Waals surface area (Å²) in [5.74, 6) is 0. The van der Waals surface area contributed by atoms with Crippen molar-refractivity contribution in [3.8, 4) is 0 Å². The zero-order valence-electron chi connectivity index (χ0n) is 6.38. The van der Waals surface area contributed by atoms with Crippen LogP contribution in [0.5, 0.6) is 0 Å². The second kappa shape index (κ2) is 8.31. The van der Waals surface area contributed by atoms with Crippen LogP contribution in [-0.2, 0) is 0 Å². The molecule has 50 valence electrons. The fourth-order valence-corrected chi connectivity index (χ4v) is 0. The van der Waals surface area contributed by atoms with Crippen molar-refractivity contribution in [1.29, 1.82) is 0 Å². The molecule has 0 nitrogen and oxygen atoms in total. The van der Waals surface area contributed by atoms with Crippen molar-refractivity contribution in [1.82, 2.24) is 0 Å². The van der Waals surface area contributed by atoms with Crippen LogP contribution in [-0.4, -0.2) is 27.9 Å². The van der Waals surface area contributed by atoms with Gasteiger partial charge in [-0.2, -0.15) is 11.1 Å². The van der Waals surface area contributed by atoms with Gasteiger partial charge in [0.15, 0.2) is 8.11 Å². The molecule has 0 N–H and O–H groups in total. The van der Waals surface area contributed by atoms with Crippen LogP contribution < -0.4 is 0 Å². The van der Waals surface area contributed by atoms with Crippen molar-refractivity contribution in [2.45, 2.75) is 27.9 Å². The molecule has 2 radical (unpaired) electrons. The van der Waals surface area contributed by atoms with E-state index in [0.717, 1.165) is 0 Å². The zero-order valence-corrected chi connectivity index (χ0v) is 11.0. The summed E-state index contributed by atoms with van der Waals surface area (Å²) in [5.41, 5.74) is 0. The average Bonchev–Trinajstić information content (AvgIpc) is 1.25. The fourth-order valence-electron chi connectivity index (χ4n) is 0. The summed E-state index contributed by atoms with van der Waals surface area (Å²) < 4.78 is 0. The minimum atomic E-state index is -0.543. The third kappa shape index (κ3) is 170. The van der Waals surface area contributed by atoms with Crippen LogP contribution in [0, 0.1) is 0 Å². The van der Waals surface area contributed by atoms with Crippen molar-refractivity contribution >= 4 is 38.9 Å². The molecule has 0 aliphatic heterocycles. The van der Waals surface area contributed by atoms with Crippen molar-refractivity contribution < 1.29 is 0 Å². The topological polar surface area (TPSA) is 0 Å². The molecule has 0 bridgehead atoms. The molecule has 0 aromatic carbocycles. The van der Waals surface area contributed by atoms with Crippen molar-refractivity contribution in [2.24, 2.45) is 0 Å². The number of halogens is 1. The van der Waals surface area contributed by atoms with Gasteiger partial charge in [0.1, 0.15) is 0 Å². The van der Waals surface area contributed by atoms with Crippen LogP contribution in [0.3, 0.4) is 0 Å². The van der Waals surface area contributed by atoms with E-state index in [2.05, 4.69) is 14.8 Å². The molecule has 0 fully saturated rings. The van der Waals surface area contributed by atoms with Gasteiger partial charge >= 0.3 is 34.6 Å². The molecule has 0 aliphatic carbocycles. The van der Waals surface area contributed by atoms with E-state index in [1.807, 2.05) is 13.1 Å². The first-order valence-corrected chi connectivity index (χ1v) is 14.8. The summed E-state index contributed by atoms with van der Waals surface area (Å²) in [4.78, 5) is 7.09. The molecule has 0 saturated heterocycles. The van der Waals surface area contributed by atoms with Gasteiger partial charge in [-0.1, -0.05) is 13.1 Å². The van der Waals surface area contributed by atoms with Gasteiger partial charge in [-0.3, -0.25) is 0 Å². The van der Waals surface area contributed by atoms with Gasteiger partial charge in [0, 0.05) is 0 Å². The molecule has 0 aromatic rings. The van der Waals surface area contributed by atoms with Crippen molar-refractivity contribution in [3.63, 3.8) is 0 Å². The van der Waals surface area contributed by atoms with E-state index in [1.165, 1.54) is 0 Å². The van der Waals surface area contributed by atoms with E-state index >= 15 is 0 Å². The fraction of sp³-hybridized carbons (Fsp3) is 1.00.